The third-order valence-corrected chi connectivity index (χ3v) is 0.828. The number of alkyl halides is 3. The smallest absolute Gasteiger partial charge is 0.171 e. The van der Waals surface area contributed by atoms with Gasteiger partial charge in [-0.05, 0) is 13.8 Å². The third kappa shape index (κ3) is 5.40. The summed E-state index contributed by atoms with van der Waals surface area (Å²) in [4.78, 5) is 0. The van der Waals surface area contributed by atoms with Crippen molar-refractivity contribution in [3.63, 3.8) is 0 Å². The molecule has 0 N–H and O–H groups in total. The van der Waals surface area contributed by atoms with Crippen LogP contribution in [-0.4, -0.2) is 6.18 Å². The molecule has 0 aliphatic heterocycles. The van der Waals surface area contributed by atoms with Crippen molar-refractivity contribution in [2.75, 3.05) is 0 Å². The SMILES string of the molecule is [CH2]/C=C(\C)CC(F)(F)F. The van der Waals surface area contributed by atoms with E-state index in [1.165, 1.54) is 13.0 Å². The Balaban J connectivity index is 3.75. The van der Waals surface area contributed by atoms with E-state index in [1.54, 1.807) is 0 Å². The van der Waals surface area contributed by atoms with E-state index in [0.29, 0.717) is 0 Å². The molecule has 0 heterocycles. The van der Waals surface area contributed by atoms with E-state index in [-0.39, 0.29) is 5.57 Å². The molecule has 9 heavy (non-hydrogen) atoms. The summed E-state index contributed by atoms with van der Waals surface area (Å²) in [5, 5.41) is 0. The largest absolute Gasteiger partial charge is 0.392 e. The van der Waals surface area contributed by atoms with Crippen LogP contribution in [0.1, 0.15) is 13.3 Å². The van der Waals surface area contributed by atoms with Gasteiger partial charge in [0.25, 0.3) is 0 Å². The Kier molecular flexibility index (Phi) is 2.74. The van der Waals surface area contributed by atoms with Gasteiger partial charge in [-0.25, -0.2) is 0 Å². The summed E-state index contributed by atoms with van der Waals surface area (Å²) in [6, 6.07) is 0. The zero-order valence-electron chi connectivity index (χ0n) is 5.13. The summed E-state index contributed by atoms with van der Waals surface area (Å²) < 4.78 is 34.3. The van der Waals surface area contributed by atoms with Crippen LogP contribution in [0, 0.1) is 6.92 Å². The number of halogens is 3. The molecule has 1 radical (unpaired) electrons. The fraction of sp³-hybridized carbons (Fsp3) is 0.500. The van der Waals surface area contributed by atoms with Gasteiger partial charge >= 0.3 is 6.18 Å². The summed E-state index contributed by atoms with van der Waals surface area (Å²) in [6.07, 6.45) is -3.72. The van der Waals surface area contributed by atoms with Crippen molar-refractivity contribution in [3.05, 3.63) is 18.6 Å². The Bertz CT molecular complexity index is 110. The van der Waals surface area contributed by atoms with Crippen molar-refractivity contribution in [2.45, 2.75) is 19.5 Å². The van der Waals surface area contributed by atoms with Gasteiger partial charge in [-0.3, -0.25) is 0 Å². The zero-order valence-corrected chi connectivity index (χ0v) is 5.13. The molecule has 0 unspecified atom stereocenters. The third-order valence-electron chi connectivity index (χ3n) is 0.828. The highest BCUT2D eigenvalue weighted by atomic mass is 19.4. The molecule has 0 aromatic carbocycles. The first kappa shape index (κ1) is 8.53. The highest BCUT2D eigenvalue weighted by Crippen LogP contribution is 2.23. The first-order valence-electron chi connectivity index (χ1n) is 2.47. The molecule has 0 saturated heterocycles. The lowest BCUT2D eigenvalue weighted by atomic mass is 10.2. The Hall–Kier alpha value is -0.470. The highest BCUT2D eigenvalue weighted by molar-refractivity contribution is 5.01. The molecule has 0 atom stereocenters. The Labute approximate surface area is 52.4 Å². The molecule has 0 aromatic heterocycles. The quantitative estimate of drug-likeness (QED) is 0.521. The standard InChI is InChI=1S/C6H8F3/c1-3-5(2)4-6(7,8)9/h3H,1,4H2,2H3/b5-3+. The minimum Gasteiger partial charge on any atom is -0.171 e. The number of allylic oxidation sites excluding steroid dienone is 2. The summed E-state index contributed by atoms with van der Waals surface area (Å²) in [5.74, 6) is 0. The van der Waals surface area contributed by atoms with Crippen LogP contribution in [0.5, 0.6) is 0 Å². The van der Waals surface area contributed by atoms with Crippen molar-refractivity contribution in [3.8, 4) is 0 Å². The van der Waals surface area contributed by atoms with Crippen LogP contribution < -0.4 is 0 Å². The van der Waals surface area contributed by atoms with Crippen molar-refractivity contribution in [1.82, 2.24) is 0 Å². The van der Waals surface area contributed by atoms with Gasteiger partial charge in [0.15, 0.2) is 0 Å². The molecule has 0 fully saturated rings. The molecule has 0 aliphatic carbocycles. The summed E-state index contributed by atoms with van der Waals surface area (Å²) in [6.45, 7) is 4.61. The van der Waals surface area contributed by atoms with Gasteiger partial charge in [0.05, 0.1) is 6.42 Å². The first-order chi connectivity index (χ1) is 3.95. The summed E-state index contributed by atoms with van der Waals surface area (Å²) in [5.41, 5.74) is 0.252. The molecule has 0 aliphatic rings. The second-order valence-electron chi connectivity index (χ2n) is 1.84. The zero-order chi connectivity index (χ0) is 7.49. The van der Waals surface area contributed by atoms with Gasteiger partial charge in [-0.15, -0.1) is 0 Å². The van der Waals surface area contributed by atoms with E-state index >= 15 is 0 Å². The minimum atomic E-state index is -4.09. The maximum atomic E-state index is 11.4. The fourth-order valence-electron chi connectivity index (χ4n) is 0.388. The van der Waals surface area contributed by atoms with E-state index in [2.05, 4.69) is 6.92 Å². The first-order valence-corrected chi connectivity index (χ1v) is 2.47. The molecule has 3 heteroatoms. The lowest BCUT2D eigenvalue weighted by Crippen LogP contribution is -2.06. The summed E-state index contributed by atoms with van der Waals surface area (Å²) in [7, 11) is 0. The van der Waals surface area contributed by atoms with Gasteiger partial charge in [0.1, 0.15) is 0 Å². The Morgan fingerprint density at radius 3 is 2.11 bits per heavy atom. The second kappa shape index (κ2) is 2.90. The maximum absolute atomic E-state index is 11.4. The molecule has 0 bridgehead atoms. The molecule has 53 valence electrons. The predicted molar refractivity (Wildman–Crippen MR) is 29.8 cm³/mol. The van der Waals surface area contributed by atoms with Crippen LogP contribution >= 0.6 is 0 Å². The van der Waals surface area contributed by atoms with Crippen LogP contribution in [0.3, 0.4) is 0 Å². The predicted octanol–water partition coefficient (Wildman–Crippen LogP) is 2.72. The minimum absolute atomic E-state index is 0.252. The lowest BCUT2D eigenvalue weighted by molar-refractivity contribution is -0.127. The normalized spacial score (nSPS) is 14.1. The average molecular weight is 137 g/mol. The molecular formula is C6H8F3. The van der Waals surface area contributed by atoms with Gasteiger partial charge in [0.2, 0.25) is 0 Å². The van der Waals surface area contributed by atoms with E-state index in [4.69, 9.17) is 0 Å². The molecular weight excluding hydrogens is 129 g/mol. The topological polar surface area (TPSA) is 0 Å². The van der Waals surface area contributed by atoms with Gasteiger partial charge in [-0.2, -0.15) is 13.2 Å². The van der Waals surface area contributed by atoms with Gasteiger partial charge < -0.3 is 0 Å². The van der Waals surface area contributed by atoms with Gasteiger partial charge in [-0.1, -0.05) is 11.6 Å². The molecule has 0 amide bonds. The number of hydrogen-bond acceptors (Lipinski definition) is 0. The van der Waals surface area contributed by atoms with Crippen LogP contribution in [-0.2, 0) is 0 Å². The number of hydrogen-bond donors (Lipinski definition) is 0. The lowest BCUT2D eigenvalue weighted by Gasteiger charge is -2.04. The molecule has 0 nitrogen and oxygen atoms in total. The molecule has 0 spiro atoms. The molecule has 0 aromatic rings. The van der Waals surface area contributed by atoms with E-state index < -0.39 is 12.6 Å². The highest BCUT2D eigenvalue weighted by Gasteiger charge is 2.26. The van der Waals surface area contributed by atoms with Crippen molar-refractivity contribution in [1.29, 1.82) is 0 Å². The summed E-state index contributed by atoms with van der Waals surface area (Å²) >= 11 is 0. The monoisotopic (exact) mass is 137 g/mol. The van der Waals surface area contributed by atoms with Crippen molar-refractivity contribution >= 4 is 0 Å². The van der Waals surface area contributed by atoms with Crippen molar-refractivity contribution < 1.29 is 13.2 Å². The average Bonchev–Trinajstić information content (AvgIpc) is 1.62. The van der Waals surface area contributed by atoms with Crippen molar-refractivity contribution in [2.24, 2.45) is 0 Å². The van der Waals surface area contributed by atoms with E-state index in [0.717, 1.165) is 0 Å². The Morgan fingerprint density at radius 1 is 1.56 bits per heavy atom. The van der Waals surface area contributed by atoms with Crippen LogP contribution in [0.25, 0.3) is 0 Å². The fourth-order valence-corrected chi connectivity index (χ4v) is 0.388. The molecule has 0 saturated carbocycles. The van der Waals surface area contributed by atoms with Crippen LogP contribution in [0.4, 0.5) is 13.2 Å². The van der Waals surface area contributed by atoms with E-state index in [9.17, 15) is 13.2 Å². The van der Waals surface area contributed by atoms with Gasteiger partial charge in [0, 0.05) is 0 Å². The van der Waals surface area contributed by atoms with Crippen LogP contribution in [0.15, 0.2) is 11.6 Å². The Morgan fingerprint density at radius 2 is 2.00 bits per heavy atom. The molecule has 0 rings (SSSR count). The van der Waals surface area contributed by atoms with E-state index in [1.807, 2.05) is 0 Å². The van der Waals surface area contributed by atoms with Crippen LogP contribution in [0.2, 0.25) is 0 Å². The second-order valence-corrected chi connectivity index (χ2v) is 1.84. The number of rotatable bonds is 1. The maximum Gasteiger partial charge on any atom is 0.392 e.